The number of hydrogen-bond acceptors (Lipinski definition) is 3. The lowest BCUT2D eigenvalue weighted by Gasteiger charge is -2.18. The fourth-order valence-electron chi connectivity index (χ4n) is 2.50. The monoisotopic (exact) mass is 338 g/mol. The van der Waals surface area contributed by atoms with Gasteiger partial charge in [0, 0.05) is 32.5 Å². The topological polar surface area (TPSA) is 86.7 Å². The Balaban J connectivity index is 2.48. The Morgan fingerprint density at radius 3 is 2.35 bits per heavy atom. The van der Waals surface area contributed by atoms with Crippen LogP contribution in [0, 0.1) is 11.8 Å². The minimum atomic E-state index is -4.65. The second-order valence-electron chi connectivity index (χ2n) is 5.60. The van der Waals surface area contributed by atoms with Crippen molar-refractivity contribution in [3.63, 3.8) is 0 Å². The highest BCUT2D eigenvalue weighted by Crippen LogP contribution is 2.37. The van der Waals surface area contributed by atoms with Gasteiger partial charge in [-0.15, -0.1) is 0 Å². The predicted octanol–water partition coefficient (Wildman–Crippen LogP) is 1.40. The molecule has 1 aliphatic rings. The summed E-state index contributed by atoms with van der Waals surface area (Å²) in [7, 11) is 0. The first-order valence-corrected chi connectivity index (χ1v) is 7.50. The van der Waals surface area contributed by atoms with Gasteiger partial charge in [0.2, 0.25) is 11.8 Å². The zero-order valence-corrected chi connectivity index (χ0v) is 12.9. The summed E-state index contributed by atoms with van der Waals surface area (Å²) >= 11 is 0. The molecule has 6 nitrogen and oxygen atoms in total. The maximum atomic E-state index is 12.8. The van der Waals surface area contributed by atoms with Crippen LogP contribution in [0.1, 0.15) is 32.6 Å². The Morgan fingerprint density at radius 2 is 1.87 bits per heavy atom. The molecule has 0 aromatic heterocycles. The Morgan fingerprint density at radius 1 is 1.22 bits per heavy atom. The van der Waals surface area contributed by atoms with Crippen molar-refractivity contribution in [1.29, 1.82) is 0 Å². The number of carboxylic acid groups (broad SMARTS) is 1. The third kappa shape index (κ3) is 5.72. The lowest BCUT2D eigenvalue weighted by Crippen LogP contribution is -2.34. The molecule has 132 valence electrons. The van der Waals surface area contributed by atoms with E-state index >= 15 is 0 Å². The molecule has 0 aliphatic carbocycles. The van der Waals surface area contributed by atoms with Crippen molar-refractivity contribution in [1.82, 2.24) is 10.2 Å². The third-order valence-corrected chi connectivity index (χ3v) is 3.78. The summed E-state index contributed by atoms with van der Waals surface area (Å²) in [5.74, 6) is -5.99. The van der Waals surface area contributed by atoms with E-state index < -0.39 is 43.0 Å². The molecule has 1 fully saturated rings. The van der Waals surface area contributed by atoms with Crippen LogP contribution in [-0.2, 0) is 14.4 Å². The van der Waals surface area contributed by atoms with Crippen LogP contribution in [0.15, 0.2) is 0 Å². The van der Waals surface area contributed by atoms with Gasteiger partial charge in [-0.2, -0.15) is 13.2 Å². The van der Waals surface area contributed by atoms with E-state index in [0.29, 0.717) is 6.54 Å². The van der Waals surface area contributed by atoms with Crippen LogP contribution >= 0.6 is 0 Å². The number of carbonyl (C=O) groups excluding carboxylic acids is 2. The van der Waals surface area contributed by atoms with E-state index in [-0.39, 0.29) is 25.2 Å². The molecule has 0 aromatic carbocycles. The number of nitrogens with one attached hydrogen (secondary N) is 1. The predicted molar refractivity (Wildman–Crippen MR) is 74.4 cm³/mol. The van der Waals surface area contributed by atoms with Crippen molar-refractivity contribution in [2.75, 3.05) is 19.6 Å². The number of halogens is 3. The van der Waals surface area contributed by atoms with Gasteiger partial charge in [0.1, 0.15) is 0 Å². The molecule has 0 spiro atoms. The molecule has 9 heteroatoms. The Kier molecular flexibility index (Phi) is 6.83. The van der Waals surface area contributed by atoms with E-state index in [2.05, 4.69) is 5.32 Å². The molecule has 1 aliphatic heterocycles. The van der Waals surface area contributed by atoms with Gasteiger partial charge in [0.15, 0.2) is 0 Å². The zero-order chi connectivity index (χ0) is 17.6. The van der Waals surface area contributed by atoms with Gasteiger partial charge in [0.05, 0.1) is 11.8 Å². The number of carbonyl (C=O) groups is 3. The van der Waals surface area contributed by atoms with Crippen LogP contribution in [0.3, 0.4) is 0 Å². The highest BCUT2D eigenvalue weighted by Gasteiger charge is 2.53. The van der Waals surface area contributed by atoms with Crippen LogP contribution in [-0.4, -0.2) is 53.6 Å². The molecule has 2 atom stereocenters. The minimum absolute atomic E-state index is 0.0730. The van der Waals surface area contributed by atoms with Crippen molar-refractivity contribution in [3.8, 4) is 0 Å². The quantitative estimate of drug-likeness (QED) is 0.735. The summed E-state index contributed by atoms with van der Waals surface area (Å²) in [5.41, 5.74) is 0. The smallest absolute Gasteiger partial charge is 0.394 e. The number of alkyl halides is 3. The largest absolute Gasteiger partial charge is 0.481 e. The normalized spacial score (nSPS) is 21.3. The molecular formula is C14H21F3N2O4. The van der Waals surface area contributed by atoms with Gasteiger partial charge in [-0.3, -0.25) is 14.4 Å². The van der Waals surface area contributed by atoms with E-state index in [0.717, 1.165) is 11.3 Å². The molecule has 1 rings (SSSR count). The van der Waals surface area contributed by atoms with Crippen LogP contribution in [0.4, 0.5) is 13.2 Å². The fraction of sp³-hybridized carbons (Fsp3) is 0.786. The summed E-state index contributed by atoms with van der Waals surface area (Å²) < 4.78 is 38.5. The van der Waals surface area contributed by atoms with Gasteiger partial charge in [-0.25, -0.2) is 0 Å². The van der Waals surface area contributed by atoms with E-state index in [1.165, 1.54) is 0 Å². The zero-order valence-electron chi connectivity index (χ0n) is 12.9. The fourth-order valence-corrected chi connectivity index (χ4v) is 2.50. The molecule has 1 saturated heterocycles. The van der Waals surface area contributed by atoms with E-state index in [9.17, 15) is 27.6 Å². The van der Waals surface area contributed by atoms with Crippen LogP contribution in [0.25, 0.3) is 0 Å². The molecule has 23 heavy (non-hydrogen) atoms. The number of likely N-dealkylation sites (tertiary alicyclic amines) is 1. The number of carboxylic acids is 1. The van der Waals surface area contributed by atoms with Crippen molar-refractivity contribution < 1.29 is 32.7 Å². The van der Waals surface area contributed by atoms with Crippen LogP contribution in [0.2, 0.25) is 0 Å². The molecule has 2 amide bonds. The first-order valence-electron chi connectivity index (χ1n) is 7.50. The summed E-state index contributed by atoms with van der Waals surface area (Å²) in [4.78, 5) is 35.2. The average Bonchev–Trinajstić information content (AvgIpc) is 2.90. The number of rotatable bonds is 7. The maximum Gasteiger partial charge on any atom is 0.394 e. The summed E-state index contributed by atoms with van der Waals surface area (Å²) in [6, 6.07) is 0. The lowest BCUT2D eigenvalue weighted by molar-refractivity contribution is -0.188. The van der Waals surface area contributed by atoms with Gasteiger partial charge >= 0.3 is 12.1 Å². The van der Waals surface area contributed by atoms with Crippen molar-refractivity contribution in [3.05, 3.63) is 0 Å². The SMILES string of the molecule is CCCNC(=O)CCCC(=O)N1C[C@@H](C(F)(F)F)[C@H](C(=O)O)C1. The molecule has 0 radical (unpaired) electrons. The van der Waals surface area contributed by atoms with E-state index in [1.54, 1.807) is 0 Å². The average molecular weight is 338 g/mol. The van der Waals surface area contributed by atoms with Crippen molar-refractivity contribution >= 4 is 17.8 Å². The maximum absolute atomic E-state index is 12.8. The first-order chi connectivity index (χ1) is 10.7. The number of nitrogens with zero attached hydrogens (tertiary/aromatic N) is 1. The summed E-state index contributed by atoms with van der Waals surface area (Å²) in [5, 5.41) is 11.5. The van der Waals surface area contributed by atoms with E-state index in [1.807, 2.05) is 6.92 Å². The van der Waals surface area contributed by atoms with Gasteiger partial charge < -0.3 is 15.3 Å². The molecule has 0 saturated carbocycles. The van der Waals surface area contributed by atoms with Crippen molar-refractivity contribution in [2.45, 2.75) is 38.8 Å². The van der Waals surface area contributed by atoms with Gasteiger partial charge in [-0.1, -0.05) is 6.92 Å². The summed E-state index contributed by atoms with van der Waals surface area (Å²) in [6.07, 6.45) is -3.60. The Hall–Kier alpha value is -1.80. The molecule has 1 heterocycles. The highest BCUT2D eigenvalue weighted by atomic mass is 19.4. The highest BCUT2D eigenvalue weighted by molar-refractivity contribution is 5.80. The van der Waals surface area contributed by atoms with Crippen molar-refractivity contribution in [2.24, 2.45) is 11.8 Å². The molecule has 0 aromatic rings. The van der Waals surface area contributed by atoms with Gasteiger partial charge in [0.25, 0.3) is 0 Å². The molecule has 0 unspecified atom stereocenters. The lowest BCUT2D eigenvalue weighted by atomic mass is 9.96. The van der Waals surface area contributed by atoms with Crippen LogP contribution in [0.5, 0.6) is 0 Å². The standard InChI is InChI=1S/C14H21F3N2O4/c1-2-6-18-11(20)4-3-5-12(21)19-7-9(13(22)23)10(8-19)14(15,16)17/h9-10H,2-8H2,1H3,(H,18,20)(H,22,23)/t9-,10-/m1/s1. The van der Waals surface area contributed by atoms with Crippen LogP contribution < -0.4 is 5.32 Å². The minimum Gasteiger partial charge on any atom is -0.481 e. The molecule has 0 bridgehead atoms. The second-order valence-corrected chi connectivity index (χ2v) is 5.60. The van der Waals surface area contributed by atoms with E-state index in [4.69, 9.17) is 5.11 Å². The Bertz CT molecular complexity index is 454. The molecular weight excluding hydrogens is 317 g/mol. The number of hydrogen-bond donors (Lipinski definition) is 2. The third-order valence-electron chi connectivity index (χ3n) is 3.78. The molecule has 2 N–H and O–H groups in total. The summed E-state index contributed by atoms with van der Waals surface area (Å²) in [6.45, 7) is 1.35. The number of amides is 2. The second kappa shape index (κ2) is 8.16. The Labute approximate surface area is 132 Å². The number of aliphatic carboxylic acids is 1. The first kappa shape index (κ1) is 19.2. The van der Waals surface area contributed by atoms with Gasteiger partial charge in [-0.05, 0) is 12.8 Å².